The van der Waals surface area contributed by atoms with Gasteiger partial charge in [-0.3, -0.25) is 19.9 Å². The van der Waals surface area contributed by atoms with E-state index in [0.29, 0.717) is 45.1 Å². The number of imidazole rings is 1. The number of anilines is 1. The van der Waals surface area contributed by atoms with Gasteiger partial charge in [-0.2, -0.15) is 5.10 Å². The van der Waals surface area contributed by atoms with Crippen LogP contribution in [0.2, 0.25) is 4.34 Å². The number of rotatable bonds is 6. The number of aromatic amines is 2. The summed E-state index contributed by atoms with van der Waals surface area (Å²) in [6, 6.07) is 11.4. The van der Waals surface area contributed by atoms with Crippen LogP contribution in [0.25, 0.3) is 55.4 Å². The molecule has 0 aliphatic carbocycles. The fourth-order valence-corrected chi connectivity index (χ4v) is 6.14. The van der Waals surface area contributed by atoms with Crippen LogP contribution >= 0.6 is 22.9 Å². The minimum Gasteiger partial charge on any atom is -0.336 e. The third kappa shape index (κ3) is 4.83. The first-order valence-electron chi connectivity index (χ1n) is 13.0. The van der Waals surface area contributed by atoms with Gasteiger partial charge in [0, 0.05) is 24.4 Å². The summed E-state index contributed by atoms with van der Waals surface area (Å²) in [6.07, 6.45) is 7.70. The molecule has 1 saturated heterocycles. The molecule has 6 aromatic heterocycles. The lowest BCUT2D eigenvalue weighted by atomic mass is 9.94. The van der Waals surface area contributed by atoms with E-state index >= 15 is 0 Å². The highest BCUT2D eigenvalue weighted by molar-refractivity contribution is 7.19. The van der Waals surface area contributed by atoms with Crippen molar-refractivity contribution in [2.75, 3.05) is 18.4 Å². The molecule has 0 aromatic carbocycles. The molecule has 7 rings (SSSR count). The summed E-state index contributed by atoms with van der Waals surface area (Å²) in [5.41, 5.74) is 6.54. The van der Waals surface area contributed by atoms with Gasteiger partial charge in [0.05, 0.1) is 37.8 Å². The number of fused-ring (bicyclic) bond motifs is 2. The largest absolute Gasteiger partial charge is 0.336 e. The molecule has 0 spiro atoms. The number of hydrogen-bond acceptors (Lipinski definition) is 8. The molecule has 40 heavy (non-hydrogen) atoms. The summed E-state index contributed by atoms with van der Waals surface area (Å²) in [4.78, 5) is 35.6. The second kappa shape index (κ2) is 10.4. The zero-order chi connectivity index (χ0) is 27.1. The first kappa shape index (κ1) is 24.8. The van der Waals surface area contributed by atoms with Gasteiger partial charge in [0.2, 0.25) is 5.91 Å². The van der Waals surface area contributed by atoms with E-state index in [0.717, 1.165) is 58.6 Å². The first-order chi connectivity index (χ1) is 19.6. The maximum Gasteiger partial charge on any atom is 0.224 e. The highest BCUT2D eigenvalue weighted by Crippen LogP contribution is 2.35. The predicted octanol–water partition coefficient (Wildman–Crippen LogP) is 5.67. The zero-order valence-corrected chi connectivity index (χ0v) is 22.8. The number of H-pyrrole nitrogens is 2. The Hall–Kier alpha value is -4.19. The smallest absolute Gasteiger partial charge is 0.224 e. The van der Waals surface area contributed by atoms with Crippen LogP contribution in [-0.2, 0) is 4.79 Å². The minimum absolute atomic E-state index is 0.00921. The van der Waals surface area contributed by atoms with Crippen molar-refractivity contribution in [3.8, 4) is 33.3 Å². The molecule has 1 aliphatic heterocycles. The van der Waals surface area contributed by atoms with Crippen molar-refractivity contribution < 1.29 is 4.79 Å². The molecule has 4 N–H and O–H groups in total. The van der Waals surface area contributed by atoms with E-state index in [-0.39, 0.29) is 5.91 Å². The van der Waals surface area contributed by atoms with Gasteiger partial charge in [0.25, 0.3) is 0 Å². The highest BCUT2D eigenvalue weighted by atomic mass is 35.5. The van der Waals surface area contributed by atoms with E-state index in [1.165, 1.54) is 11.3 Å². The van der Waals surface area contributed by atoms with Gasteiger partial charge in [0.1, 0.15) is 16.7 Å². The molecule has 0 radical (unpaired) electrons. The molecule has 0 saturated carbocycles. The Morgan fingerprint density at radius 3 is 2.75 bits per heavy atom. The first-order valence-corrected chi connectivity index (χ1v) is 14.2. The summed E-state index contributed by atoms with van der Waals surface area (Å²) in [6.45, 7) is 1.93. The summed E-state index contributed by atoms with van der Waals surface area (Å²) < 4.78 is 0.694. The third-order valence-corrected chi connectivity index (χ3v) is 8.33. The number of aromatic nitrogens is 7. The number of pyridine rings is 3. The second-order valence-electron chi connectivity index (χ2n) is 9.82. The minimum atomic E-state index is 0.00921. The Labute approximate surface area is 237 Å². The molecule has 6 aromatic rings. The van der Waals surface area contributed by atoms with Gasteiger partial charge in [-0.05, 0) is 68.2 Å². The second-order valence-corrected chi connectivity index (χ2v) is 11.5. The molecule has 200 valence electrons. The molecule has 12 heteroatoms. The van der Waals surface area contributed by atoms with Crippen molar-refractivity contribution in [2.45, 2.75) is 19.3 Å². The van der Waals surface area contributed by atoms with Crippen LogP contribution in [0.15, 0.2) is 55.0 Å². The number of carbonyl (C=O) groups is 1. The summed E-state index contributed by atoms with van der Waals surface area (Å²) in [5, 5.41) is 13.9. The Bertz CT molecular complexity index is 1850. The Kier molecular flexibility index (Phi) is 6.46. The van der Waals surface area contributed by atoms with Crippen molar-refractivity contribution in [3.63, 3.8) is 0 Å². The lowest BCUT2D eigenvalue weighted by Crippen LogP contribution is -2.30. The molecule has 0 bridgehead atoms. The van der Waals surface area contributed by atoms with Crippen LogP contribution in [0.1, 0.15) is 19.3 Å². The van der Waals surface area contributed by atoms with Crippen LogP contribution in [0.4, 0.5) is 5.69 Å². The summed E-state index contributed by atoms with van der Waals surface area (Å²) >= 11 is 7.62. The number of nitrogens with zero attached hydrogens (tertiary/aromatic N) is 5. The topological polar surface area (TPSA) is 137 Å². The number of halogens is 1. The number of hydrogen-bond donors (Lipinski definition) is 4. The van der Waals surface area contributed by atoms with Crippen LogP contribution in [0.3, 0.4) is 0 Å². The van der Waals surface area contributed by atoms with Crippen molar-refractivity contribution in [1.82, 2.24) is 40.4 Å². The van der Waals surface area contributed by atoms with Crippen LogP contribution < -0.4 is 10.6 Å². The van der Waals surface area contributed by atoms with Crippen LogP contribution in [-0.4, -0.2) is 54.1 Å². The van der Waals surface area contributed by atoms with Crippen molar-refractivity contribution in [1.29, 1.82) is 0 Å². The average Bonchev–Trinajstić information content (AvgIpc) is 3.71. The number of thiophene rings is 1. The van der Waals surface area contributed by atoms with E-state index in [9.17, 15) is 4.79 Å². The Morgan fingerprint density at radius 1 is 1.02 bits per heavy atom. The molecule has 0 unspecified atom stereocenters. The fraction of sp³-hybridized carbons (Fsp3) is 0.214. The lowest BCUT2D eigenvalue weighted by Gasteiger charge is -2.21. The van der Waals surface area contributed by atoms with Crippen molar-refractivity contribution >= 4 is 56.6 Å². The Morgan fingerprint density at radius 2 is 1.90 bits per heavy atom. The normalized spacial score (nSPS) is 14.2. The third-order valence-electron chi connectivity index (χ3n) is 7.09. The van der Waals surface area contributed by atoms with Gasteiger partial charge in [-0.15, -0.1) is 11.3 Å². The molecular formula is C28H24ClN9OS. The molecule has 1 fully saturated rings. The predicted molar refractivity (Wildman–Crippen MR) is 157 cm³/mol. The molecule has 0 atom stereocenters. The lowest BCUT2D eigenvalue weighted by molar-refractivity contribution is -0.117. The zero-order valence-electron chi connectivity index (χ0n) is 21.2. The van der Waals surface area contributed by atoms with Crippen molar-refractivity contribution in [3.05, 3.63) is 59.3 Å². The number of amides is 1. The Balaban J connectivity index is 1.19. The maximum absolute atomic E-state index is 12.7. The van der Waals surface area contributed by atoms with E-state index < -0.39 is 0 Å². The highest BCUT2D eigenvalue weighted by Gasteiger charge is 2.19. The SMILES string of the molecule is O=C(CC1CCNCC1)Nc1cncc(-c2ccc3[nH]nc(-c4nc5c(-c6ccc(Cl)s6)nccc5[nH]4)c3n2)c1. The fourth-order valence-electron chi connectivity index (χ4n) is 5.10. The molecule has 7 heterocycles. The summed E-state index contributed by atoms with van der Waals surface area (Å²) in [5.74, 6) is 1.00. The quantitative estimate of drug-likeness (QED) is 0.203. The van der Waals surface area contributed by atoms with Gasteiger partial charge in [-0.1, -0.05) is 11.6 Å². The number of nitrogens with one attached hydrogen (secondary N) is 4. The van der Waals surface area contributed by atoms with E-state index in [2.05, 4.69) is 35.8 Å². The molecule has 10 nitrogen and oxygen atoms in total. The van der Waals surface area contributed by atoms with Gasteiger partial charge in [-0.25, -0.2) is 9.97 Å². The van der Waals surface area contributed by atoms with E-state index in [4.69, 9.17) is 21.6 Å². The van der Waals surface area contributed by atoms with E-state index in [1.54, 1.807) is 18.6 Å². The van der Waals surface area contributed by atoms with E-state index in [1.807, 2.05) is 36.4 Å². The molecule has 1 aliphatic rings. The number of carbonyl (C=O) groups excluding carboxylic acids is 1. The monoisotopic (exact) mass is 569 g/mol. The average molecular weight is 570 g/mol. The van der Waals surface area contributed by atoms with Gasteiger partial charge < -0.3 is 15.6 Å². The maximum atomic E-state index is 12.7. The van der Waals surface area contributed by atoms with Crippen molar-refractivity contribution in [2.24, 2.45) is 5.92 Å². The molecule has 1 amide bonds. The van der Waals surface area contributed by atoms with Gasteiger partial charge >= 0.3 is 0 Å². The van der Waals surface area contributed by atoms with Gasteiger partial charge in [0.15, 0.2) is 11.5 Å². The number of piperidine rings is 1. The molecular weight excluding hydrogens is 546 g/mol. The van der Waals surface area contributed by atoms with Crippen LogP contribution in [0, 0.1) is 5.92 Å². The van der Waals surface area contributed by atoms with Crippen LogP contribution in [0.5, 0.6) is 0 Å². The summed E-state index contributed by atoms with van der Waals surface area (Å²) in [7, 11) is 0. The standard InChI is InChI=1S/C28H24ClN9OS/c29-22-4-3-21(40-22)26-24-19(7-10-32-26)35-28(36-24)27-25-20(37-38-27)2-1-18(34-25)16-12-17(14-31-13-16)33-23(39)11-15-5-8-30-9-6-15/h1-4,7,10,12-15,30H,5-6,8-9,11H2,(H,33,39)(H,35,36)(H,37,38).